The zero-order chi connectivity index (χ0) is 22.5. The van der Waals surface area contributed by atoms with Crippen molar-refractivity contribution in [1.29, 1.82) is 0 Å². The van der Waals surface area contributed by atoms with E-state index < -0.39 is 17.7 Å². The van der Waals surface area contributed by atoms with Gasteiger partial charge >= 0.3 is 6.36 Å². The summed E-state index contributed by atoms with van der Waals surface area (Å²) in [5.41, 5.74) is 1.44. The first kappa shape index (κ1) is 20.8. The van der Waals surface area contributed by atoms with Gasteiger partial charge in [0, 0.05) is 48.8 Å². The summed E-state index contributed by atoms with van der Waals surface area (Å²) in [5, 5.41) is 0.572. The van der Waals surface area contributed by atoms with Crippen LogP contribution in [0.25, 0.3) is 5.69 Å². The number of aromatic nitrogens is 1. The molecule has 0 unspecified atom stereocenters. The Kier molecular flexibility index (Phi) is 4.85. The number of piperidine rings is 1. The minimum Gasteiger partial charge on any atom is -0.479 e. The first-order valence-corrected chi connectivity index (χ1v) is 10.4. The number of carbonyl (C=O) groups is 1. The molecular weight excluding hydrogens is 445 g/mol. The second-order valence-electron chi connectivity index (χ2n) is 7.84. The molecule has 0 saturated carbocycles. The molecule has 2 aliphatic rings. The first-order chi connectivity index (χ1) is 15.2. The number of alkyl halides is 3. The fourth-order valence-corrected chi connectivity index (χ4v) is 4.59. The van der Waals surface area contributed by atoms with Gasteiger partial charge in [0.1, 0.15) is 11.5 Å². The van der Waals surface area contributed by atoms with Crippen LogP contribution in [-0.4, -0.2) is 34.8 Å². The number of nitrogens with zero attached hydrogens (tertiary/aromatic N) is 2. The summed E-state index contributed by atoms with van der Waals surface area (Å²) in [6.07, 6.45) is -1.78. The SMILES string of the molecule is O=C(c1cccc(OC(F)(F)F)c1)N1CCC2(CC1)Oc1cc(Cl)ccc1-n1cccc12. The minimum atomic E-state index is -4.81. The van der Waals surface area contributed by atoms with Crippen molar-refractivity contribution in [1.82, 2.24) is 9.47 Å². The molecule has 0 aliphatic carbocycles. The fraction of sp³-hybridized carbons (Fsp3) is 0.261. The number of hydrogen-bond acceptors (Lipinski definition) is 3. The molecule has 166 valence electrons. The predicted molar refractivity (Wildman–Crippen MR) is 111 cm³/mol. The van der Waals surface area contributed by atoms with E-state index in [0.717, 1.165) is 17.4 Å². The van der Waals surface area contributed by atoms with Crippen molar-refractivity contribution in [2.45, 2.75) is 24.8 Å². The molecule has 0 N–H and O–H groups in total. The van der Waals surface area contributed by atoms with Gasteiger partial charge in [-0.2, -0.15) is 0 Å². The number of rotatable bonds is 2. The van der Waals surface area contributed by atoms with Gasteiger partial charge in [-0.1, -0.05) is 17.7 Å². The summed E-state index contributed by atoms with van der Waals surface area (Å²) in [5.74, 6) is -0.0844. The molecule has 5 rings (SSSR count). The van der Waals surface area contributed by atoms with Crippen LogP contribution >= 0.6 is 11.6 Å². The molecule has 1 aromatic heterocycles. The monoisotopic (exact) mass is 462 g/mol. The van der Waals surface area contributed by atoms with Gasteiger partial charge in [0.2, 0.25) is 0 Å². The minimum absolute atomic E-state index is 0.146. The lowest BCUT2D eigenvalue weighted by atomic mass is 9.86. The molecule has 1 fully saturated rings. The smallest absolute Gasteiger partial charge is 0.479 e. The molecule has 5 nitrogen and oxygen atoms in total. The van der Waals surface area contributed by atoms with Crippen molar-refractivity contribution < 1.29 is 27.4 Å². The molecule has 1 saturated heterocycles. The van der Waals surface area contributed by atoms with Gasteiger partial charge in [0.15, 0.2) is 5.60 Å². The van der Waals surface area contributed by atoms with E-state index in [1.54, 1.807) is 11.0 Å². The quantitative estimate of drug-likeness (QED) is 0.501. The Hall–Kier alpha value is -3.13. The number of likely N-dealkylation sites (tertiary alicyclic amines) is 1. The molecule has 0 radical (unpaired) electrons. The highest BCUT2D eigenvalue weighted by Gasteiger charge is 2.44. The molecule has 3 heterocycles. The summed E-state index contributed by atoms with van der Waals surface area (Å²) in [7, 11) is 0. The summed E-state index contributed by atoms with van der Waals surface area (Å²) in [6.45, 7) is 0.786. The zero-order valence-corrected chi connectivity index (χ0v) is 17.5. The number of fused-ring (bicyclic) bond motifs is 4. The van der Waals surface area contributed by atoms with Gasteiger partial charge in [-0.3, -0.25) is 4.79 Å². The van der Waals surface area contributed by atoms with E-state index in [9.17, 15) is 18.0 Å². The molecule has 0 atom stereocenters. The van der Waals surface area contributed by atoms with Crippen molar-refractivity contribution in [3.8, 4) is 17.2 Å². The number of halogens is 4. The Labute approximate surface area is 186 Å². The second-order valence-corrected chi connectivity index (χ2v) is 8.28. The van der Waals surface area contributed by atoms with Gasteiger partial charge in [-0.15, -0.1) is 13.2 Å². The summed E-state index contributed by atoms with van der Waals surface area (Å²) < 4.78 is 50.0. The van der Waals surface area contributed by atoms with Gasteiger partial charge in [0.05, 0.1) is 11.4 Å². The van der Waals surface area contributed by atoms with E-state index in [2.05, 4.69) is 9.30 Å². The molecule has 1 amide bonds. The Morgan fingerprint density at radius 1 is 1.06 bits per heavy atom. The molecule has 2 aromatic carbocycles. The van der Waals surface area contributed by atoms with E-state index in [-0.39, 0.29) is 11.5 Å². The third-order valence-corrected chi connectivity index (χ3v) is 6.11. The highest BCUT2D eigenvalue weighted by Crippen LogP contribution is 2.45. The summed E-state index contributed by atoms with van der Waals surface area (Å²) >= 11 is 6.17. The first-order valence-electron chi connectivity index (χ1n) is 10.1. The number of hydrogen-bond donors (Lipinski definition) is 0. The number of amides is 1. The third-order valence-electron chi connectivity index (χ3n) is 5.88. The summed E-state index contributed by atoms with van der Waals surface area (Å²) in [4.78, 5) is 14.6. The van der Waals surface area contributed by atoms with Crippen LogP contribution in [-0.2, 0) is 5.60 Å². The Morgan fingerprint density at radius 2 is 1.84 bits per heavy atom. The maximum absolute atomic E-state index is 13.0. The maximum Gasteiger partial charge on any atom is 0.573 e. The lowest BCUT2D eigenvalue weighted by molar-refractivity contribution is -0.274. The molecule has 2 aliphatic heterocycles. The molecule has 9 heteroatoms. The lowest BCUT2D eigenvalue weighted by Crippen LogP contribution is -2.50. The number of ether oxygens (including phenoxy) is 2. The average molecular weight is 463 g/mol. The van der Waals surface area contributed by atoms with E-state index in [1.807, 2.05) is 30.5 Å². The summed E-state index contributed by atoms with van der Waals surface area (Å²) in [6, 6.07) is 14.6. The predicted octanol–water partition coefficient (Wildman–Crippen LogP) is 5.55. The molecule has 32 heavy (non-hydrogen) atoms. The molecule has 1 spiro atoms. The Bertz CT molecular complexity index is 1180. The van der Waals surface area contributed by atoms with Crippen molar-refractivity contribution in [2.75, 3.05) is 13.1 Å². The number of benzene rings is 2. The van der Waals surface area contributed by atoms with Crippen LogP contribution in [0, 0.1) is 0 Å². The highest BCUT2D eigenvalue weighted by molar-refractivity contribution is 6.30. The fourth-order valence-electron chi connectivity index (χ4n) is 4.43. The standard InChI is InChI=1S/C23H18ClF3N2O3/c24-16-6-7-18-19(14-16)32-22(20-5-2-10-29(18)20)8-11-28(12-9-22)21(30)15-3-1-4-17(13-15)31-23(25,26)27/h1-7,10,13-14H,8-9,11-12H2. The average Bonchev–Trinajstić information content (AvgIpc) is 3.24. The van der Waals surface area contributed by atoms with Crippen LogP contribution in [0.15, 0.2) is 60.8 Å². The van der Waals surface area contributed by atoms with Gasteiger partial charge < -0.3 is 18.9 Å². The van der Waals surface area contributed by atoms with E-state index in [1.165, 1.54) is 18.2 Å². The highest BCUT2D eigenvalue weighted by atomic mass is 35.5. The van der Waals surface area contributed by atoms with Crippen molar-refractivity contribution in [3.63, 3.8) is 0 Å². The van der Waals surface area contributed by atoms with E-state index in [4.69, 9.17) is 16.3 Å². The van der Waals surface area contributed by atoms with Crippen LogP contribution in [0.5, 0.6) is 11.5 Å². The normalized spacial score (nSPS) is 16.8. The zero-order valence-electron chi connectivity index (χ0n) is 16.7. The van der Waals surface area contributed by atoms with Crippen molar-refractivity contribution in [3.05, 3.63) is 77.1 Å². The van der Waals surface area contributed by atoms with Crippen LogP contribution in [0.2, 0.25) is 5.02 Å². The largest absolute Gasteiger partial charge is 0.573 e. The van der Waals surface area contributed by atoms with E-state index >= 15 is 0 Å². The molecule has 0 bridgehead atoms. The third kappa shape index (κ3) is 3.68. The van der Waals surface area contributed by atoms with Gasteiger partial charge in [-0.25, -0.2) is 0 Å². The Balaban J connectivity index is 1.36. The lowest BCUT2D eigenvalue weighted by Gasteiger charge is -2.45. The maximum atomic E-state index is 13.0. The van der Waals surface area contributed by atoms with Crippen LogP contribution in [0.3, 0.4) is 0 Å². The van der Waals surface area contributed by atoms with Crippen LogP contribution in [0.1, 0.15) is 28.9 Å². The second kappa shape index (κ2) is 7.48. The topological polar surface area (TPSA) is 43.7 Å². The van der Waals surface area contributed by atoms with Crippen LogP contribution < -0.4 is 9.47 Å². The van der Waals surface area contributed by atoms with Crippen molar-refractivity contribution in [2.24, 2.45) is 0 Å². The van der Waals surface area contributed by atoms with Gasteiger partial charge in [-0.05, 0) is 42.5 Å². The van der Waals surface area contributed by atoms with Crippen LogP contribution in [0.4, 0.5) is 13.2 Å². The Morgan fingerprint density at radius 3 is 2.59 bits per heavy atom. The number of carbonyl (C=O) groups excluding carboxylic acids is 1. The molecular formula is C23H18ClF3N2O3. The van der Waals surface area contributed by atoms with Gasteiger partial charge in [0.25, 0.3) is 5.91 Å². The molecule has 3 aromatic rings. The van der Waals surface area contributed by atoms with Crippen molar-refractivity contribution >= 4 is 17.5 Å². The van der Waals surface area contributed by atoms with E-state index in [0.29, 0.717) is 36.7 Å².